The van der Waals surface area contributed by atoms with E-state index >= 15 is 0 Å². The molecule has 0 radical (unpaired) electrons. The number of piperidine rings is 1. The van der Waals surface area contributed by atoms with Crippen LogP contribution in [0.25, 0.3) is 11.0 Å². The van der Waals surface area contributed by atoms with E-state index in [0.29, 0.717) is 24.9 Å². The van der Waals surface area contributed by atoms with Gasteiger partial charge in [-0.2, -0.15) is 0 Å². The summed E-state index contributed by atoms with van der Waals surface area (Å²) in [4.78, 5) is 22.4. The Labute approximate surface area is 183 Å². The maximum atomic E-state index is 12.2. The van der Waals surface area contributed by atoms with Gasteiger partial charge in [-0.25, -0.2) is 14.8 Å². The maximum absolute atomic E-state index is 12.2. The van der Waals surface area contributed by atoms with Gasteiger partial charge in [0.15, 0.2) is 0 Å². The van der Waals surface area contributed by atoms with Crippen molar-refractivity contribution < 1.29 is 9.53 Å². The fourth-order valence-electron chi connectivity index (χ4n) is 3.23. The number of nitrogens with zero attached hydrogens (tertiary/aromatic N) is 4. The van der Waals surface area contributed by atoms with E-state index in [2.05, 4.69) is 20.7 Å². The van der Waals surface area contributed by atoms with Crippen LogP contribution in [-0.4, -0.2) is 44.2 Å². The second-order valence-corrected chi connectivity index (χ2v) is 7.38. The van der Waals surface area contributed by atoms with E-state index in [4.69, 9.17) is 10.5 Å². The zero-order chi connectivity index (χ0) is 23.5. The van der Waals surface area contributed by atoms with Crippen LogP contribution in [0.1, 0.15) is 86.8 Å². The zero-order valence-electron chi connectivity index (χ0n) is 20.7. The van der Waals surface area contributed by atoms with Gasteiger partial charge >= 0.3 is 6.09 Å². The number of hydrogen-bond donors (Lipinski definition) is 1. The standard InChI is InChI=1S/C17H25N5O2.3C2H6/c1-11-9-22(15-13(11)14(18)19-10-20-15)12-5-7-21(8-6-12)16(23)24-17(2,3)4;3*1-2/h9-10,12H,5-8H2,1-4H3,(H2,18,19,20);3*1-2H3. The lowest BCUT2D eigenvalue weighted by Crippen LogP contribution is -2.42. The van der Waals surface area contributed by atoms with Crippen LogP contribution in [0.5, 0.6) is 0 Å². The third kappa shape index (κ3) is 7.18. The lowest BCUT2D eigenvalue weighted by Gasteiger charge is -2.34. The molecule has 0 bridgehead atoms. The third-order valence-corrected chi connectivity index (χ3v) is 4.34. The average Bonchev–Trinajstić information content (AvgIpc) is 3.09. The second-order valence-electron chi connectivity index (χ2n) is 7.38. The Hall–Kier alpha value is -2.31. The van der Waals surface area contributed by atoms with E-state index in [1.807, 2.05) is 69.2 Å². The van der Waals surface area contributed by atoms with Crippen molar-refractivity contribution in [2.24, 2.45) is 0 Å². The van der Waals surface area contributed by atoms with Crippen LogP contribution in [0.3, 0.4) is 0 Å². The van der Waals surface area contributed by atoms with Crippen LogP contribution in [0, 0.1) is 6.92 Å². The molecule has 1 fully saturated rings. The van der Waals surface area contributed by atoms with E-state index < -0.39 is 5.60 Å². The molecule has 3 rings (SSSR count). The molecule has 1 saturated heterocycles. The van der Waals surface area contributed by atoms with Crippen molar-refractivity contribution in [1.29, 1.82) is 0 Å². The molecule has 7 heteroatoms. The predicted molar refractivity (Wildman–Crippen MR) is 127 cm³/mol. The summed E-state index contributed by atoms with van der Waals surface area (Å²) in [5.74, 6) is 0.516. The Bertz CT molecular complexity index is 757. The number of amides is 1. The van der Waals surface area contributed by atoms with Gasteiger partial charge in [-0.1, -0.05) is 41.5 Å². The quantitative estimate of drug-likeness (QED) is 0.613. The van der Waals surface area contributed by atoms with Gasteiger partial charge in [-0.05, 0) is 46.1 Å². The van der Waals surface area contributed by atoms with Crippen molar-refractivity contribution in [2.45, 2.75) is 93.7 Å². The number of fused-ring (bicyclic) bond motifs is 1. The van der Waals surface area contributed by atoms with E-state index in [9.17, 15) is 4.79 Å². The topological polar surface area (TPSA) is 86.3 Å². The maximum Gasteiger partial charge on any atom is 0.410 e. The number of carbonyl (C=O) groups is 1. The number of hydrogen-bond acceptors (Lipinski definition) is 5. The van der Waals surface area contributed by atoms with Crippen LogP contribution < -0.4 is 5.73 Å². The smallest absolute Gasteiger partial charge is 0.410 e. The molecule has 2 aromatic heterocycles. The van der Waals surface area contributed by atoms with Crippen LogP contribution in [0.4, 0.5) is 10.6 Å². The fraction of sp³-hybridized carbons (Fsp3) is 0.696. The zero-order valence-corrected chi connectivity index (χ0v) is 20.7. The number of aryl methyl sites for hydroxylation is 1. The summed E-state index contributed by atoms with van der Waals surface area (Å²) in [5.41, 5.74) is 7.48. The van der Waals surface area contributed by atoms with Gasteiger partial charge in [0.05, 0.1) is 5.39 Å². The largest absolute Gasteiger partial charge is 0.444 e. The molecule has 3 heterocycles. The second kappa shape index (κ2) is 13.1. The van der Waals surface area contributed by atoms with Crippen molar-refractivity contribution in [1.82, 2.24) is 19.4 Å². The minimum absolute atomic E-state index is 0.235. The van der Waals surface area contributed by atoms with Gasteiger partial charge in [0, 0.05) is 25.3 Å². The molecule has 0 unspecified atom stereocenters. The summed E-state index contributed by atoms with van der Waals surface area (Å²) in [6.45, 7) is 21.0. The molecule has 172 valence electrons. The van der Waals surface area contributed by atoms with Crippen LogP contribution in [0.2, 0.25) is 0 Å². The number of anilines is 1. The summed E-state index contributed by atoms with van der Waals surface area (Å²) >= 11 is 0. The average molecular weight is 422 g/mol. The third-order valence-electron chi connectivity index (χ3n) is 4.34. The number of ether oxygens (including phenoxy) is 1. The number of likely N-dealkylation sites (tertiary alicyclic amines) is 1. The summed E-state index contributed by atoms with van der Waals surface area (Å²) in [7, 11) is 0. The SMILES string of the molecule is CC.CC.CC.Cc1cn(C2CCN(C(=O)OC(C)(C)C)CC2)c2ncnc(N)c12. The van der Waals surface area contributed by atoms with E-state index in [1.54, 1.807) is 4.90 Å². The molecule has 1 aliphatic rings. The highest BCUT2D eigenvalue weighted by molar-refractivity contribution is 5.89. The Morgan fingerprint density at radius 1 is 1.07 bits per heavy atom. The minimum Gasteiger partial charge on any atom is -0.444 e. The van der Waals surface area contributed by atoms with Crippen molar-refractivity contribution in [3.63, 3.8) is 0 Å². The summed E-state index contributed by atoms with van der Waals surface area (Å²) in [5, 5.41) is 0.923. The molecular formula is C23H43N5O2. The van der Waals surface area contributed by atoms with Crippen molar-refractivity contribution in [3.8, 4) is 0 Å². The lowest BCUT2D eigenvalue weighted by molar-refractivity contribution is 0.0189. The Kier molecular flexibility index (Phi) is 12.1. The molecule has 0 aromatic carbocycles. The number of nitrogens with two attached hydrogens (primary N) is 1. The van der Waals surface area contributed by atoms with E-state index in [0.717, 1.165) is 29.4 Å². The molecule has 0 spiro atoms. The molecule has 2 aromatic rings. The molecule has 1 aliphatic heterocycles. The molecule has 7 nitrogen and oxygen atoms in total. The number of rotatable bonds is 1. The number of aromatic nitrogens is 3. The van der Waals surface area contributed by atoms with Gasteiger partial charge in [-0.15, -0.1) is 0 Å². The molecule has 0 saturated carbocycles. The monoisotopic (exact) mass is 421 g/mol. The first kappa shape index (κ1) is 27.7. The van der Waals surface area contributed by atoms with Crippen molar-refractivity contribution in [3.05, 3.63) is 18.1 Å². The summed E-state index contributed by atoms with van der Waals surface area (Å²) < 4.78 is 7.63. The highest BCUT2D eigenvalue weighted by Crippen LogP contribution is 2.31. The van der Waals surface area contributed by atoms with E-state index in [1.165, 1.54) is 6.33 Å². The highest BCUT2D eigenvalue weighted by atomic mass is 16.6. The number of nitrogen functional groups attached to an aromatic ring is 1. The Balaban J connectivity index is 0.00000129. The van der Waals surface area contributed by atoms with Gasteiger partial charge in [-0.3, -0.25) is 0 Å². The van der Waals surface area contributed by atoms with Gasteiger partial charge in [0.2, 0.25) is 0 Å². The summed E-state index contributed by atoms with van der Waals surface area (Å²) in [6, 6.07) is 0.300. The predicted octanol–water partition coefficient (Wildman–Crippen LogP) is 5.97. The molecule has 0 atom stereocenters. The highest BCUT2D eigenvalue weighted by Gasteiger charge is 2.28. The van der Waals surface area contributed by atoms with Crippen LogP contribution in [0.15, 0.2) is 12.5 Å². The molecule has 1 amide bonds. The lowest BCUT2D eigenvalue weighted by atomic mass is 10.1. The molecule has 30 heavy (non-hydrogen) atoms. The first-order valence-electron chi connectivity index (χ1n) is 11.3. The van der Waals surface area contributed by atoms with E-state index in [-0.39, 0.29) is 6.09 Å². The molecular weight excluding hydrogens is 378 g/mol. The van der Waals surface area contributed by atoms with Gasteiger partial charge in [0.1, 0.15) is 23.4 Å². The summed E-state index contributed by atoms with van der Waals surface area (Å²) in [6.07, 6.45) is 5.09. The van der Waals surface area contributed by atoms with Crippen LogP contribution in [-0.2, 0) is 4.74 Å². The number of carbonyl (C=O) groups excluding carboxylic acids is 1. The van der Waals surface area contributed by atoms with Crippen LogP contribution >= 0.6 is 0 Å². The van der Waals surface area contributed by atoms with Gasteiger partial charge in [0.25, 0.3) is 0 Å². The fourth-order valence-corrected chi connectivity index (χ4v) is 3.23. The molecule has 0 aliphatic carbocycles. The van der Waals surface area contributed by atoms with Crippen molar-refractivity contribution in [2.75, 3.05) is 18.8 Å². The minimum atomic E-state index is -0.462. The molecule has 2 N–H and O–H groups in total. The first-order chi connectivity index (χ1) is 14.3. The normalized spacial score (nSPS) is 13.9. The first-order valence-corrected chi connectivity index (χ1v) is 11.3. The van der Waals surface area contributed by atoms with Crippen molar-refractivity contribution >= 4 is 22.9 Å². The Morgan fingerprint density at radius 3 is 2.10 bits per heavy atom. The van der Waals surface area contributed by atoms with Gasteiger partial charge < -0.3 is 19.9 Å². The Morgan fingerprint density at radius 2 is 1.60 bits per heavy atom.